The SMILES string of the molecule is CN(C)CCCn1nc2c3c(c([N+](=O)[O-])ccc31)Nc1ccc(O)cc1-2.CS(=O)(=O)O. The van der Waals surface area contributed by atoms with Gasteiger partial charge in [-0.15, -0.1) is 0 Å². The molecule has 0 spiro atoms. The smallest absolute Gasteiger partial charge is 0.293 e. The summed E-state index contributed by atoms with van der Waals surface area (Å²) in [5.41, 5.74) is 3.43. The van der Waals surface area contributed by atoms with Crippen molar-refractivity contribution < 1.29 is 23.0 Å². The van der Waals surface area contributed by atoms with Crippen molar-refractivity contribution in [3.05, 3.63) is 40.4 Å². The number of hydrogen-bond acceptors (Lipinski definition) is 8. The van der Waals surface area contributed by atoms with E-state index in [4.69, 9.17) is 9.65 Å². The molecule has 166 valence electrons. The molecule has 3 N–H and O–H groups in total. The molecule has 0 amide bonds. The Balaban J connectivity index is 0.000000491. The molecule has 3 aromatic rings. The molecule has 2 heterocycles. The molecular formula is C19H23N5O6S. The normalized spacial score (nSPS) is 12.2. The number of nitrogens with one attached hydrogen (secondary N) is 1. The van der Waals surface area contributed by atoms with Gasteiger partial charge in [-0.2, -0.15) is 13.5 Å². The lowest BCUT2D eigenvalue weighted by molar-refractivity contribution is -0.383. The number of aromatic hydroxyl groups is 1. The molecule has 2 aromatic carbocycles. The van der Waals surface area contributed by atoms with Crippen LogP contribution in [-0.4, -0.2) is 64.6 Å². The van der Waals surface area contributed by atoms with Crippen LogP contribution in [0.2, 0.25) is 0 Å². The molecule has 1 aliphatic heterocycles. The number of hydrogen-bond donors (Lipinski definition) is 3. The van der Waals surface area contributed by atoms with E-state index in [0.717, 1.165) is 29.4 Å². The van der Waals surface area contributed by atoms with Crippen LogP contribution >= 0.6 is 0 Å². The van der Waals surface area contributed by atoms with E-state index in [-0.39, 0.29) is 16.4 Å². The van der Waals surface area contributed by atoms with Crippen molar-refractivity contribution in [2.45, 2.75) is 13.0 Å². The van der Waals surface area contributed by atoms with E-state index in [0.29, 0.717) is 29.9 Å². The molecule has 0 bridgehead atoms. The van der Waals surface area contributed by atoms with Crippen LogP contribution in [-0.2, 0) is 16.7 Å². The van der Waals surface area contributed by atoms with Gasteiger partial charge in [-0.3, -0.25) is 19.3 Å². The highest BCUT2D eigenvalue weighted by Gasteiger charge is 2.29. The fourth-order valence-electron chi connectivity index (χ4n) is 3.41. The zero-order valence-corrected chi connectivity index (χ0v) is 18.0. The van der Waals surface area contributed by atoms with Gasteiger partial charge in [-0.25, -0.2) is 0 Å². The van der Waals surface area contributed by atoms with Gasteiger partial charge in [-0.05, 0) is 51.3 Å². The van der Waals surface area contributed by atoms with Gasteiger partial charge < -0.3 is 15.3 Å². The number of fused-ring (bicyclic) bond motifs is 2. The predicted molar refractivity (Wildman–Crippen MR) is 117 cm³/mol. The van der Waals surface area contributed by atoms with Gasteiger partial charge >= 0.3 is 0 Å². The van der Waals surface area contributed by atoms with Crippen LogP contribution in [0.15, 0.2) is 30.3 Å². The van der Waals surface area contributed by atoms with Gasteiger partial charge in [0.1, 0.15) is 17.1 Å². The Hall–Kier alpha value is -3.22. The van der Waals surface area contributed by atoms with Crippen molar-refractivity contribution in [3.63, 3.8) is 0 Å². The summed E-state index contributed by atoms with van der Waals surface area (Å²) in [4.78, 5) is 13.2. The molecular weight excluding hydrogens is 426 g/mol. The minimum atomic E-state index is -3.67. The summed E-state index contributed by atoms with van der Waals surface area (Å²) in [6.45, 7) is 1.63. The number of benzene rings is 2. The summed E-state index contributed by atoms with van der Waals surface area (Å²) >= 11 is 0. The van der Waals surface area contributed by atoms with Crippen molar-refractivity contribution >= 4 is 38.1 Å². The minimum absolute atomic E-state index is 0.0188. The number of nitrogens with zero attached hydrogens (tertiary/aromatic N) is 4. The molecule has 4 rings (SSSR count). The van der Waals surface area contributed by atoms with Crippen LogP contribution in [0.4, 0.5) is 17.1 Å². The zero-order chi connectivity index (χ0) is 22.9. The van der Waals surface area contributed by atoms with Crippen LogP contribution in [0.3, 0.4) is 0 Å². The van der Waals surface area contributed by atoms with E-state index >= 15 is 0 Å². The number of rotatable bonds is 5. The maximum absolute atomic E-state index is 11.5. The summed E-state index contributed by atoms with van der Waals surface area (Å²) in [5.74, 6) is 0.134. The standard InChI is InChI=1S/C18H19N5O3.CH4O3S/c1-21(2)8-3-9-22-14-6-7-15(23(25)26)18-16(14)17(20-22)12-10-11(24)4-5-13(12)19-18;1-5(2,3)4/h4-7,10,19,24H,3,8-9H2,1-2H3;1H3,(H,2,3,4). The Morgan fingerprint density at radius 1 is 1.26 bits per heavy atom. The Morgan fingerprint density at radius 2 is 1.94 bits per heavy atom. The first kappa shape index (κ1) is 22.5. The number of phenolic OH excluding ortho intramolecular Hbond substituents is 1. The molecule has 1 aromatic heterocycles. The van der Waals surface area contributed by atoms with Crippen molar-refractivity contribution in [2.24, 2.45) is 0 Å². The molecule has 0 saturated carbocycles. The van der Waals surface area contributed by atoms with Gasteiger partial charge in [0.15, 0.2) is 0 Å². The maximum Gasteiger partial charge on any atom is 0.293 e. The van der Waals surface area contributed by atoms with Gasteiger partial charge in [0.25, 0.3) is 15.8 Å². The number of nitro groups is 1. The highest BCUT2D eigenvalue weighted by Crippen LogP contribution is 2.47. The van der Waals surface area contributed by atoms with E-state index in [1.54, 1.807) is 24.3 Å². The summed E-state index contributed by atoms with van der Waals surface area (Å²) in [6.07, 6.45) is 1.63. The summed E-state index contributed by atoms with van der Waals surface area (Å²) < 4.78 is 27.8. The largest absolute Gasteiger partial charge is 0.508 e. The lowest BCUT2D eigenvalue weighted by Crippen LogP contribution is -2.15. The van der Waals surface area contributed by atoms with E-state index in [1.165, 1.54) is 6.07 Å². The number of phenols is 1. The monoisotopic (exact) mass is 449 g/mol. The topological polar surface area (TPSA) is 151 Å². The molecule has 0 saturated heterocycles. The Bertz CT molecular complexity index is 1240. The third-order valence-electron chi connectivity index (χ3n) is 4.59. The number of aromatic nitrogens is 2. The molecule has 0 aliphatic carbocycles. The fraction of sp³-hybridized carbons (Fsp3) is 0.316. The molecule has 0 unspecified atom stereocenters. The number of nitro benzene ring substituents is 1. The lowest BCUT2D eigenvalue weighted by atomic mass is 9.99. The van der Waals surface area contributed by atoms with E-state index in [1.807, 2.05) is 18.8 Å². The third-order valence-corrected chi connectivity index (χ3v) is 4.59. The molecule has 0 radical (unpaired) electrons. The highest BCUT2D eigenvalue weighted by atomic mass is 32.2. The molecule has 31 heavy (non-hydrogen) atoms. The van der Waals surface area contributed by atoms with Gasteiger partial charge in [0, 0.05) is 23.9 Å². The number of aryl methyl sites for hydroxylation is 1. The van der Waals surface area contributed by atoms with E-state index in [2.05, 4.69) is 10.2 Å². The molecule has 0 fully saturated rings. The van der Waals surface area contributed by atoms with Gasteiger partial charge in [-0.1, -0.05) is 0 Å². The van der Waals surface area contributed by atoms with Crippen molar-refractivity contribution in [3.8, 4) is 17.0 Å². The Labute approximate surface area is 178 Å². The minimum Gasteiger partial charge on any atom is -0.508 e. The van der Waals surface area contributed by atoms with Crippen LogP contribution in [0.1, 0.15) is 6.42 Å². The second-order valence-electron chi connectivity index (χ2n) is 7.43. The van der Waals surface area contributed by atoms with Crippen LogP contribution in [0, 0.1) is 10.1 Å². The first-order chi connectivity index (χ1) is 14.5. The first-order valence-electron chi connectivity index (χ1n) is 9.31. The summed E-state index contributed by atoms with van der Waals surface area (Å²) in [6, 6.07) is 8.16. The predicted octanol–water partition coefficient (Wildman–Crippen LogP) is 2.83. The average molecular weight is 449 g/mol. The Morgan fingerprint density at radius 3 is 2.55 bits per heavy atom. The molecule has 1 aliphatic rings. The fourth-order valence-corrected chi connectivity index (χ4v) is 3.41. The Kier molecular flexibility index (Phi) is 6.15. The van der Waals surface area contributed by atoms with Crippen LogP contribution in [0.25, 0.3) is 22.2 Å². The lowest BCUT2D eigenvalue weighted by Gasteiger charge is -2.17. The van der Waals surface area contributed by atoms with Crippen LogP contribution < -0.4 is 5.32 Å². The average Bonchev–Trinajstić information content (AvgIpc) is 3.01. The maximum atomic E-state index is 11.5. The molecule has 12 heteroatoms. The highest BCUT2D eigenvalue weighted by molar-refractivity contribution is 7.85. The second-order valence-corrected chi connectivity index (χ2v) is 8.89. The first-order valence-corrected chi connectivity index (χ1v) is 11.2. The summed E-state index contributed by atoms with van der Waals surface area (Å²) in [5, 5.41) is 29.9. The zero-order valence-electron chi connectivity index (χ0n) is 17.2. The molecule has 11 nitrogen and oxygen atoms in total. The molecule has 0 atom stereocenters. The van der Waals surface area contributed by atoms with E-state index in [9.17, 15) is 23.6 Å². The van der Waals surface area contributed by atoms with Crippen molar-refractivity contribution in [1.82, 2.24) is 14.7 Å². The summed E-state index contributed by atoms with van der Waals surface area (Å²) in [7, 11) is 0.371. The second kappa shape index (κ2) is 8.49. The third kappa shape index (κ3) is 5.10. The van der Waals surface area contributed by atoms with Crippen molar-refractivity contribution in [1.29, 1.82) is 0 Å². The van der Waals surface area contributed by atoms with Gasteiger partial charge in [0.05, 0.1) is 22.1 Å². The van der Waals surface area contributed by atoms with E-state index < -0.39 is 10.1 Å². The van der Waals surface area contributed by atoms with Crippen molar-refractivity contribution in [2.75, 3.05) is 32.2 Å². The number of anilines is 2. The van der Waals surface area contributed by atoms with Crippen LogP contribution in [0.5, 0.6) is 5.75 Å². The quantitative estimate of drug-likeness (QED) is 0.181. The van der Waals surface area contributed by atoms with Gasteiger partial charge in [0.2, 0.25) is 0 Å².